The number of carbonyl (C=O) groups excluding carboxylic acids is 2. The molecule has 0 bridgehead atoms. The zero-order chi connectivity index (χ0) is 18.2. The summed E-state index contributed by atoms with van der Waals surface area (Å²) in [6.07, 6.45) is 0.931. The Morgan fingerprint density at radius 1 is 1.04 bits per heavy atom. The van der Waals surface area contributed by atoms with Gasteiger partial charge in [-0.2, -0.15) is 0 Å². The van der Waals surface area contributed by atoms with Crippen LogP contribution >= 0.6 is 0 Å². The van der Waals surface area contributed by atoms with Crippen molar-refractivity contribution < 1.29 is 14.3 Å². The minimum Gasteiger partial charge on any atom is -0.465 e. The fourth-order valence-corrected chi connectivity index (χ4v) is 2.81. The van der Waals surface area contributed by atoms with Crippen molar-refractivity contribution in [2.24, 2.45) is 5.92 Å². The van der Waals surface area contributed by atoms with E-state index in [1.54, 1.807) is 12.1 Å². The third kappa shape index (κ3) is 4.92. The summed E-state index contributed by atoms with van der Waals surface area (Å²) < 4.78 is 4.68. The number of ether oxygens (including phenoxy) is 1. The number of esters is 1. The molecule has 4 nitrogen and oxygen atoms in total. The Bertz CT molecular complexity index is 695. The van der Waals surface area contributed by atoms with Gasteiger partial charge in [-0.25, -0.2) is 4.79 Å². The van der Waals surface area contributed by atoms with E-state index in [4.69, 9.17) is 0 Å². The second-order valence-electron chi connectivity index (χ2n) is 6.18. The van der Waals surface area contributed by atoms with E-state index >= 15 is 0 Å². The maximum atomic E-state index is 12.8. The average Bonchev–Trinajstić information content (AvgIpc) is 2.67. The lowest BCUT2D eigenvalue weighted by Crippen LogP contribution is -2.32. The molecule has 2 aromatic carbocycles. The molecule has 0 aliphatic carbocycles. The summed E-state index contributed by atoms with van der Waals surface area (Å²) in [5.74, 6) is -0.251. The van der Waals surface area contributed by atoms with Gasteiger partial charge in [0, 0.05) is 6.54 Å². The zero-order valence-electron chi connectivity index (χ0n) is 15.0. The summed E-state index contributed by atoms with van der Waals surface area (Å²) in [5, 5.41) is 3.02. The largest absolute Gasteiger partial charge is 0.465 e. The molecule has 132 valence electrons. The van der Waals surface area contributed by atoms with E-state index in [1.165, 1.54) is 7.11 Å². The van der Waals surface area contributed by atoms with Crippen LogP contribution in [0.15, 0.2) is 54.6 Å². The molecule has 0 radical (unpaired) electrons. The summed E-state index contributed by atoms with van der Waals surface area (Å²) >= 11 is 0. The van der Waals surface area contributed by atoms with Gasteiger partial charge in [0.05, 0.1) is 18.6 Å². The Hall–Kier alpha value is -2.62. The monoisotopic (exact) mass is 339 g/mol. The van der Waals surface area contributed by atoms with Gasteiger partial charge in [0.2, 0.25) is 5.91 Å². The van der Waals surface area contributed by atoms with Crippen molar-refractivity contribution in [2.75, 3.05) is 7.11 Å². The molecule has 25 heavy (non-hydrogen) atoms. The van der Waals surface area contributed by atoms with Gasteiger partial charge >= 0.3 is 5.97 Å². The molecule has 2 rings (SSSR count). The van der Waals surface area contributed by atoms with Gasteiger partial charge in [-0.3, -0.25) is 4.79 Å². The highest BCUT2D eigenvalue weighted by Crippen LogP contribution is 2.27. The maximum absolute atomic E-state index is 12.8. The summed E-state index contributed by atoms with van der Waals surface area (Å²) in [6.45, 7) is 4.63. The number of methoxy groups -OCH3 is 1. The molecule has 2 aromatic rings. The van der Waals surface area contributed by atoms with Crippen molar-refractivity contribution in [2.45, 2.75) is 32.7 Å². The SMILES string of the molecule is CCC(C)C(C(=O)NCc1ccc(C(=O)OC)cc1)c1ccccc1. The highest BCUT2D eigenvalue weighted by molar-refractivity contribution is 5.89. The van der Waals surface area contributed by atoms with Crippen LogP contribution in [0.25, 0.3) is 0 Å². The summed E-state index contributed by atoms with van der Waals surface area (Å²) in [5.41, 5.74) is 2.48. The van der Waals surface area contributed by atoms with E-state index in [0.29, 0.717) is 12.1 Å². The van der Waals surface area contributed by atoms with Crippen LogP contribution in [0.1, 0.15) is 47.7 Å². The van der Waals surface area contributed by atoms with Gasteiger partial charge < -0.3 is 10.1 Å². The first kappa shape index (κ1) is 18.7. The number of amides is 1. The Kier molecular flexibility index (Phi) is 6.75. The maximum Gasteiger partial charge on any atom is 0.337 e. The Morgan fingerprint density at radius 2 is 1.68 bits per heavy atom. The highest BCUT2D eigenvalue weighted by Gasteiger charge is 2.25. The molecule has 0 spiro atoms. The number of hydrogen-bond donors (Lipinski definition) is 1. The summed E-state index contributed by atoms with van der Waals surface area (Å²) in [7, 11) is 1.36. The zero-order valence-corrected chi connectivity index (χ0v) is 15.0. The molecule has 0 saturated heterocycles. The minimum absolute atomic E-state index is 0.0256. The van der Waals surface area contributed by atoms with E-state index in [-0.39, 0.29) is 23.7 Å². The van der Waals surface area contributed by atoms with E-state index in [0.717, 1.165) is 17.5 Å². The van der Waals surface area contributed by atoms with Crippen molar-refractivity contribution >= 4 is 11.9 Å². The van der Waals surface area contributed by atoms with Gasteiger partial charge in [0.1, 0.15) is 0 Å². The van der Waals surface area contributed by atoms with E-state index in [2.05, 4.69) is 23.9 Å². The van der Waals surface area contributed by atoms with Gasteiger partial charge in [0.15, 0.2) is 0 Å². The molecule has 0 saturated carbocycles. The van der Waals surface area contributed by atoms with Crippen LogP contribution in [0.5, 0.6) is 0 Å². The molecule has 0 fully saturated rings. The van der Waals surface area contributed by atoms with Crippen LogP contribution in [0.2, 0.25) is 0 Å². The van der Waals surface area contributed by atoms with Crippen LogP contribution in [-0.4, -0.2) is 19.0 Å². The second kappa shape index (κ2) is 9.02. The topological polar surface area (TPSA) is 55.4 Å². The Labute approximate surface area is 149 Å². The van der Waals surface area contributed by atoms with Crippen LogP contribution in [0.3, 0.4) is 0 Å². The van der Waals surface area contributed by atoms with Gasteiger partial charge in [-0.1, -0.05) is 62.7 Å². The predicted octanol–water partition coefficient (Wildman–Crippen LogP) is 3.92. The fraction of sp³-hybridized carbons (Fsp3) is 0.333. The molecule has 0 aromatic heterocycles. The number of rotatable bonds is 7. The van der Waals surface area contributed by atoms with E-state index in [9.17, 15) is 9.59 Å². The smallest absolute Gasteiger partial charge is 0.337 e. The molecule has 2 unspecified atom stereocenters. The lowest BCUT2D eigenvalue weighted by molar-refractivity contribution is -0.123. The number of carbonyl (C=O) groups is 2. The third-order valence-corrected chi connectivity index (χ3v) is 4.50. The first-order valence-electron chi connectivity index (χ1n) is 8.56. The molecule has 2 atom stereocenters. The van der Waals surface area contributed by atoms with E-state index in [1.807, 2.05) is 42.5 Å². The van der Waals surface area contributed by atoms with Gasteiger partial charge in [0.25, 0.3) is 0 Å². The standard InChI is InChI=1S/C21H25NO3/c1-4-15(2)19(17-8-6-5-7-9-17)20(23)22-14-16-10-12-18(13-11-16)21(24)25-3/h5-13,15,19H,4,14H2,1-3H3,(H,22,23). The lowest BCUT2D eigenvalue weighted by atomic mass is 9.85. The van der Waals surface area contributed by atoms with Crippen molar-refractivity contribution in [3.8, 4) is 0 Å². The average molecular weight is 339 g/mol. The lowest BCUT2D eigenvalue weighted by Gasteiger charge is -2.23. The third-order valence-electron chi connectivity index (χ3n) is 4.50. The van der Waals surface area contributed by atoms with Gasteiger partial charge in [-0.15, -0.1) is 0 Å². The summed E-state index contributed by atoms with van der Waals surface area (Å²) in [6, 6.07) is 16.9. The Morgan fingerprint density at radius 3 is 2.24 bits per heavy atom. The molecule has 4 heteroatoms. The van der Waals surface area contributed by atoms with Crippen molar-refractivity contribution in [3.05, 3.63) is 71.3 Å². The molecule has 0 aliphatic heterocycles. The van der Waals surface area contributed by atoms with Crippen molar-refractivity contribution in [1.82, 2.24) is 5.32 Å². The van der Waals surface area contributed by atoms with Crippen LogP contribution in [-0.2, 0) is 16.1 Å². The quantitative estimate of drug-likeness (QED) is 0.778. The van der Waals surface area contributed by atoms with Crippen LogP contribution in [0.4, 0.5) is 0 Å². The first-order chi connectivity index (χ1) is 12.1. The number of hydrogen-bond acceptors (Lipinski definition) is 3. The number of benzene rings is 2. The van der Waals surface area contributed by atoms with Crippen LogP contribution in [0, 0.1) is 5.92 Å². The normalized spacial score (nSPS) is 12.9. The highest BCUT2D eigenvalue weighted by atomic mass is 16.5. The minimum atomic E-state index is -0.364. The van der Waals surface area contributed by atoms with E-state index < -0.39 is 0 Å². The molecule has 0 heterocycles. The van der Waals surface area contributed by atoms with Crippen LogP contribution < -0.4 is 5.32 Å². The molecule has 1 amide bonds. The number of nitrogens with one attached hydrogen (secondary N) is 1. The molecular weight excluding hydrogens is 314 g/mol. The first-order valence-corrected chi connectivity index (χ1v) is 8.56. The Balaban J connectivity index is 2.05. The fourth-order valence-electron chi connectivity index (χ4n) is 2.81. The summed E-state index contributed by atoms with van der Waals surface area (Å²) in [4.78, 5) is 24.2. The van der Waals surface area contributed by atoms with Crippen molar-refractivity contribution in [3.63, 3.8) is 0 Å². The predicted molar refractivity (Wildman–Crippen MR) is 98.3 cm³/mol. The molecule has 1 N–H and O–H groups in total. The molecular formula is C21H25NO3. The molecule has 0 aliphatic rings. The van der Waals surface area contributed by atoms with Gasteiger partial charge in [-0.05, 0) is 29.2 Å². The van der Waals surface area contributed by atoms with Crippen molar-refractivity contribution in [1.29, 1.82) is 0 Å². The second-order valence-corrected chi connectivity index (χ2v) is 6.18.